The van der Waals surface area contributed by atoms with E-state index < -0.39 is 24.0 Å². The van der Waals surface area contributed by atoms with Crippen molar-refractivity contribution in [3.8, 4) is 0 Å². The summed E-state index contributed by atoms with van der Waals surface area (Å²) in [5, 5.41) is 11.8. The molecular weight excluding hydrogens is 236 g/mol. The first-order valence-corrected chi connectivity index (χ1v) is 5.22. The lowest BCUT2D eigenvalue weighted by Gasteiger charge is -2.25. The normalized spacial score (nSPS) is 15.4. The number of carbonyl (C=O) groups is 1. The van der Waals surface area contributed by atoms with Crippen LogP contribution in [-0.4, -0.2) is 42.8 Å². The van der Waals surface area contributed by atoms with Crippen LogP contribution in [0.2, 0.25) is 0 Å². The van der Waals surface area contributed by atoms with Gasteiger partial charge in [0.15, 0.2) is 6.29 Å². The zero-order valence-electron chi connectivity index (χ0n) is 9.91. The lowest BCUT2D eigenvalue weighted by molar-refractivity contribution is -0.0955. The van der Waals surface area contributed by atoms with Crippen molar-refractivity contribution in [2.45, 2.75) is 38.7 Å². The summed E-state index contributed by atoms with van der Waals surface area (Å²) < 4.78 is 9.70. The van der Waals surface area contributed by atoms with Gasteiger partial charge in [-0.3, -0.25) is 0 Å². The molecule has 0 fully saturated rings. The molecular formula is C9H19ClN2O4. The number of methoxy groups -OCH3 is 1. The van der Waals surface area contributed by atoms with Crippen LogP contribution in [0.25, 0.3) is 0 Å². The highest BCUT2D eigenvalue weighted by Gasteiger charge is 2.24. The number of halogens is 1. The SMILES string of the molecule is COC(O)[C@H](CNCl)NC(=O)OC(C)(C)C. The maximum Gasteiger partial charge on any atom is 0.408 e. The number of carbonyl (C=O) groups excluding carboxylic acids is 1. The molecule has 96 valence electrons. The molecule has 0 aromatic heterocycles. The molecule has 0 saturated carbocycles. The van der Waals surface area contributed by atoms with Gasteiger partial charge >= 0.3 is 6.09 Å². The predicted octanol–water partition coefficient (Wildman–Crippen LogP) is 0.588. The monoisotopic (exact) mass is 254 g/mol. The second-order valence-corrected chi connectivity index (χ2v) is 4.48. The Morgan fingerprint density at radius 2 is 2.06 bits per heavy atom. The summed E-state index contributed by atoms with van der Waals surface area (Å²) in [6.07, 6.45) is -1.79. The van der Waals surface area contributed by atoms with Crippen LogP contribution < -0.4 is 10.2 Å². The third-order valence-electron chi connectivity index (χ3n) is 1.58. The number of rotatable bonds is 5. The maximum atomic E-state index is 11.4. The molecule has 2 atom stereocenters. The van der Waals surface area contributed by atoms with Gasteiger partial charge in [-0.2, -0.15) is 0 Å². The number of alkyl carbamates (subject to hydrolysis) is 1. The second kappa shape index (κ2) is 6.90. The average Bonchev–Trinajstić information content (AvgIpc) is 2.13. The zero-order valence-corrected chi connectivity index (χ0v) is 10.7. The minimum absolute atomic E-state index is 0.149. The summed E-state index contributed by atoms with van der Waals surface area (Å²) in [6.45, 7) is 5.38. The highest BCUT2D eigenvalue weighted by atomic mass is 35.5. The molecule has 0 aromatic carbocycles. The van der Waals surface area contributed by atoms with Gasteiger partial charge in [-0.25, -0.2) is 9.63 Å². The Balaban J connectivity index is 4.23. The van der Waals surface area contributed by atoms with Gasteiger partial charge in [-0.15, -0.1) is 0 Å². The lowest BCUT2D eigenvalue weighted by Crippen LogP contribution is -2.50. The van der Waals surface area contributed by atoms with Gasteiger partial charge < -0.3 is 19.9 Å². The largest absolute Gasteiger partial charge is 0.444 e. The van der Waals surface area contributed by atoms with E-state index >= 15 is 0 Å². The summed E-state index contributed by atoms with van der Waals surface area (Å²) in [6, 6.07) is -0.683. The topological polar surface area (TPSA) is 79.8 Å². The first-order chi connectivity index (χ1) is 7.30. The predicted molar refractivity (Wildman–Crippen MR) is 60.0 cm³/mol. The molecule has 1 unspecified atom stereocenters. The zero-order chi connectivity index (χ0) is 12.8. The number of aliphatic hydroxyl groups excluding tert-OH is 1. The fourth-order valence-electron chi connectivity index (χ4n) is 0.929. The fourth-order valence-corrected chi connectivity index (χ4v) is 1.10. The number of amides is 1. The number of aliphatic hydroxyl groups is 1. The molecule has 0 bridgehead atoms. The number of hydrogen-bond acceptors (Lipinski definition) is 5. The van der Waals surface area contributed by atoms with Gasteiger partial charge in [0, 0.05) is 13.7 Å². The molecule has 0 spiro atoms. The van der Waals surface area contributed by atoms with E-state index in [9.17, 15) is 9.90 Å². The van der Waals surface area contributed by atoms with Crippen LogP contribution in [0.4, 0.5) is 4.79 Å². The van der Waals surface area contributed by atoms with E-state index in [1.165, 1.54) is 7.11 Å². The van der Waals surface area contributed by atoms with Crippen molar-refractivity contribution in [2.75, 3.05) is 13.7 Å². The molecule has 0 aliphatic rings. The fraction of sp³-hybridized carbons (Fsp3) is 0.889. The number of ether oxygens (including phenoxy) is 2. The molecule has 3 N–H and O–H groups in total. The van der Waals surface area contributed by atoms with Crippen LogP contribution in [0.3, 0.4) is 0 Å². The highest BCUT2D eigenvalue weighted by molar-refractivity contribution is 6.13. The molecule has 6 nitrogen and oxygen atoms in total. The molecule has 0 saturated heterocycles. The van der Waals surface area contributed by atoms with E-state index in [0.717, 1.165) is 0 Å². The third kappa shape index (κ3) is 6.84. The standard InChI is InChI=1S/C9H19ClN2O4/c1-9(2,3)16-8(14)12-6(5-11-10)7(13)15-4/h6-7,11,13H,5H2,1-4H3,(H,12,14)/t6-,7?/m0/s1. The summed E-state index contributed by atoms with van der Waals surface area (Å²) >= 11 is 5.31. The van der Waals surface area contributed by atoms with Gasteiger partial charge in [-0.05, 0) is 32.5 Å². The van der Waals surface area contributed by atoms with E-state index in [0.29, 0.717) is 0 Å². The molecule has 7 heteroatoms. The van der Waals surface area contributed by atoms with Crippen molar-refractivity contribution in [3.05, 3.63) is 0 Å². The summed E-state index contributed by atoms with van der Waals surface area (Å²) in [5.41, 5.74) is -0.596. The smallest absolute Gasteiger partial charge is 0.408 e. The minimum atomic E-state index is -1.15. The van der Waals surface area contributed by atoms with Crippen molar-refractivity contribution in [3.63, 3.8) is 0 Å². The van der Waals surface area contributed by atoms with E-state index in [2.05, 4.69) is 14.9 Å². The van der Waals surface area contributed by atoms with Crippen molar-refractivity contribution in [1.29, 1.82) is 0 Å². The van der Waals surface area contributed by atoms with Crippen LogP contribution in [0.1, 0.15) is 20.8 Å². The molecule has 1 amide bonds. The Kier molecular flexibility index (Phi) is 6.66. The maximum absolute atomic E-state index is 11.4. The van der Waals surface area contributed by atoms with E-state index in [1.807, 2.05) is 0 Å². The minimum Gasteiger partial charge on any atom is -0.444 e. The van der Waals surface area contributed by atoms with E-state index in [4.69, 9.17) is 16.5 Å². The Morgan fingerprint density at radius 3 is 2.44 bits per heavy atom. The van der Waals surface area contributed by atoms with Crippen molar-refractivity contribution in [1.82, 2.24) is 10.2 Å². The Hall–Kier alpha value is -0.560. The van der Waals surface area contributed by atoms with Gasteiger partial charge in [0.25, 0.3) is 0 Å². The van der Waals surface area contributed by atoms with Crippen molar-refractivity contribution in [2.24, 2.45) is 0 Å². The first kappa shape index (κ1) is 15.4. The average molecular weight is 255 g/mol. The lowest BCUT2D eigenvalue weighted by atomic mass is 10.2. The second-order valence-electron chi connectivity index (χ2n) is 4.22. The molecule has 0 rings (SSSR count). The molecule has 0 aliphatic carbocycles. The Morgan fingerprint density at radius 1 is 1.50 bits per heavy atom. The summed E-state index contributed by atoms with van der Waals surface area (Å²) in [5.74, 6) is 0. The van der Waals surface area contributed by atoms with Gasteiger partial charge in [0.2, 0.25) is 0 Å². The van der Waals surface area contributed by atoms with E-state index in [1.54, 1.807) is 20.8 Å². The molecule has 0 radical (unpaired) electrons. The van der Waals surface area contributed by atoms with Gasteiger partial charge in [0.1, 0.15) is 5.60 Å². The highest BCUT2D eigenvalue weighted by Crippen LogP contribution is 2.07. The Labute approximate surface area is 100 Å². The number of nitrogens with one attached hydrogen (secondary N) is 2. The van der Waals surface area contributed by atoms with Crippen LogP contribution in [-0.2, 0) is 9.47 Å². The first-order valence-electron chi connectivity index (χ1n) is 4.84. The molecule has 16 heavy (non-hydrogen) atoms. The number of hydrogen-bond donors (Lipinski definition) is 3. The van der Waals surface area contributed by atoms with Crippen LogP contribution in [0.15, 0.2) is 0 Å². The molecule has 0 heterocycles. The van der Waals surface area contributed by atoms with Crippen LogP contribution in [0.5, 0.6) is 0 Å². The van der Waals surface area contributed by atoms with Crippen LogP contribution in [0, 0.1) is 0 Å². The quantitative estimate of drug-likeness (QED) is 0.494. The third-order valence-corrected chi connectivity index (χ3v) is 1.74. The van der Waals surface area contributed by atoms with Crippen molar-refractivity contribution < 1.29 is 19.4 Å². The molecule has 0 aromatic rings. The summed E-state index contributed by atoms with van der Waals surface area (Å²) in [4.78, 5) is 13.7. The van der Waals surface area contributed by atoms with Gasteiger partial charge in [0.05, 0.1) is 6.04 Å². The van der Waals surface area contributed by atoms with Gasteiger partial charge in [-0.1, -0.05) is 0 Å². The van der Waals surface area contributed by atoms with Crippen LogP contribution >= 0.6 is 11.8 Å². The molecule has 0 aliphatic heterocycles. The Bertz CT molecular complexity index is 220. The van der Waals surface area contributed by atoms with Crippen molar-refractivity contribution >= 4 is 17.9 Å². The van der Waals surface area contributed by atoms with E-state index in [-0.39, 0.29) is 6.54 Å². The summed E-state index contributed by atoms with van der Waals surface area (Å²) in [7, 11) is 1.32.